The number of amides is 3. The number of nitro groups is 1. The Bertz CT molecular complexity index is 1070. The van der Waals surface area contributed by atoms with Gasteiger partial charge in [-0.05, 0) is 6.07 Å². The van der Waals surface area contributed by atoms with Crippen LogP contribution in [-0.4, -0.2) is 49.5 Å². The molecule has 4 N–H and O–H groups in total. The van der Waals surface area contributed by atoms with Gasteiger partial charge in [0.15, 0.2) is 0 Å². The molecule has 0 spiro atoms. The van der Waals surface area contributed by atoms with Crippen LogP contribution in [0.4, 0.5) is 16.4 Å². The Labute approximate surface area is 163 Å². The minimum absolute atomic E-state index is 0.0182. The van der Waals surface area contributed by atoms with Gasteiger partial charge in [0.1, 0.15) is 4.90 Å². The first-order valence-electron chi connectivity index (χ1n) is 7.46. The number of carbonyl (C=O) groups excluding carboxylic acids is 2. The summed E-state index contributed by atoms with van der Waals surface area (Å²) in [5.74, 6) is -1.49. The van der Waals surface area contributed by atoms with Crippen LogP contribution < -0.4 is 25.2 Å². The van der Waals surface area contributed by atoms with Gasteiger partial charge in [0.2, 0.25) is 23.6 Å². The van der Waals surface area contributed by atoms with Crippen LogP contribution in [0.25, 0.3) is 0 Å². The molecule has 1 aromatic carbocycles. The molecule has 0 fully saturated rings. The molecule has 2 aromatic rings. The Hall–Kier alpha value is -4.01. The van der Waals surface area contributed by atoms with E-state index < -0.39 is 43.0 Å². The van der Waals surface area contributed by atoms with Crippen LogP contribution in [0.1, 0.15) is 10.4 Å². The first-order valence-corrected chi connectivity index (χ1v) is 8.94. The molecule has 0 unspecified atom stereocenters. The van der Waals surface area contributed by atoms with E-state index in [4.69, 9.17) is 15.2 Å². The number of carbonyl (C=O) groups is 2. The number of nitrogens with two attached hydrogens (primary N) is 1. The summed E-state index contributed by atoms with van der Waals surface area (Å²) in [6.07, 6.45) is 0. The topological polar surface area (TPSA) is 206 Å². The fraction of sp³-hybridized carbons (Fsp3) is 0.143. The van der Waals surface area contributed by atoms with E-state index in [1.54, 1.807) is 4.72 Å². The zero-order valence-corrected chi connectivity index (χ0v) is 15.7. The smallest absolute Gasteiger partial charge is 0.335 e. The van der Waals surface area contributed by atoms with Crippen molar-refractivity contribution in [2.75, 3.05) is 19.5 Å². The lowest BCUT2D eigenvalue weighted by molar-refractivity contribution is -0.385. The number of primary amides is 1. The number of nitrogens with zero attached hydrogens (tertiary/aromatic N) is 3. The third-order valence-corrected chi connectivity index (χ3v) is 4.65. The van der Waals surface area contributed by atoms with Crippen molar-refractivity contribution >= 4 is 33.6 Å². The summed E-state index contributed by atoms with van der Waals surface area (Å²) in [6.45, 7) is 0. The minimum Gasteiger partial charge on any atom is -0.481 e. The van der Waals surface area contributed by atoms with Crippen LogP contribution in [-0.2, 0) is 10.0 Å². The van der Waals surface area contributed by atoms with Crippen LogP contribution in [0.15, 0.2) is 29.2 Å². The van der Waals surface area contributed by atoms with Gasteiger partial charge in [0.25, 0.3) is 15.7 Å². The summed E-state index contributed by atoms with van der Waals surface area (Å²) in [6, 6.07) is 2.35. The first-order chi connectivity index (χ1) is 13.6. The summed E-state index contributed by atoms with van der Waals surface area (Å²) in [4.78, 5) is 40.3. The fourth-order valence-corrected chi connectivity index (χ4v) is 3.16. The zero-order valence-electron chi connectivity index (χ0n) is 14.9. The van der Waals surface area contributed by atoms with Gasteiger partial charge >= 0.3 is 6.03 Å². The fourth-order valence-electron chi connectivity index (χ4n) is 2.02. The lowest BCUT2D eigenvalue weighted by Crippen LogP contribution is -2.36. The Morgan fingerprint density at radius 2 is 1.72 bits per heavy atom. The predicted molar refractivity (Wildman–Crippen MR) is 96.1 cm³/mol. The van der Waals surface area contributed by atoms with E-state index in [0.717, 1.165) is 12.1 Å². The molecule has 14 nitrogen and oxygen atoms in total. The number of nitro benzene ring substituents is 1. The van der Waals surface area contributed by atoms with Crippen molar-refractivity contribution in [1.82, 2.24) is 14.7 Å². The molecule has 0 aliphatic heterocycles. The number of hydrogen-bond donors (Lipinski definition) is 3. The Kier molecular flexibility index (Phi) is 6.12. The van der Waals surface area contributed by atoms with Crippen molar-refractivity contribution in [2.45, 2.75) is 4.90 Å². The zero-order chi connectivity index (χ0) is 21.8. The summed E-state index contributed by atoms with van der Waals surface area (Å²) in [7, 11) is -2.14. The van der Waals surface area contributed by atoms with Gasteiger partial charge in [0.05, 0.1) is 30.8 Å². The number of anilines is 1. The Morgan fingerprint density at radius 1 is 1.14 bits per heavy atom. The third-order valence-electron chi connectivity index (χ3n) is 3.28. The molecule has 154 valence electrons. The number of ether oxygens (including phenoxy) is 2. The molecule has 0 radical (unpaired) electrons. The maximum atomic E-state index is 12.5. The number of urea groups is 1. The van der Waals surface area contributed by atoms with E-state index in [2.05, 4.69) is 9.97 Å². The summed E-state index contributed by atoms with van der Waals surface area (Å²) < 4.78 is 36.3. The van der Waals surface area contributed by atoms with Crippen molar-refractivity contribution in [2.24, 2.45) is 5.73 Å². The monoisotopic (exact) mass is 426 g/mol. The van der Waals surface area contributed by atoms with Crippen LogP contribution >= 0.6 is 0 Å². The van der Waals surface area contributed by atoms with Crippen LogP contribution in [0, 0.1) is 10.1 Å². The number of non-ortho nitro benzene ring substituents is 1. The van der Waals surface area contributed by atoms with Gasteiger partial charge in [-0.25, -0.2) is 17.9 Å². The molecule has 3 amide bonds. The minimum atomic E-state index is -4.73. The van der Waals surface area contributed by atoms with Crippen LogP contribution in [0.3, 0.4) is 0 Å². The second kappa shape index (κ2) is 8.34. The van der Waals surface area contributed by atoms with E-state index in [-0.39, 0.29) is 17.7 Å². The maximum Gasteiger partial charge on any atom is 0.335 e. The first kappa shape index (κ1) is 21.3. The maximum absolute atomic E-state index is 12.5. The van der Waals surface area contributed by atoms with Crippen LogP contribution in [0.2, 0.25) is 0 Å². The highest BCUT2D eigenvalue weighted by Gasteiger charge is 2.27. The normalized spacial score (nSPS) is 10.7. The Morgan fingerprint density at radius 3 is 2.21 bits per heavy atom. The summed E-state index contributed by atoms with van der Waals surface area (Å²) >= 11 is 0. The van der Waals surface area contributed by atoms with Crippen molar-refractivity contribution in [1.29, 1.82) is 0 Å². The largest absolute Gasteiger partial charge is 0.481 e. The molecule has 15 heteroatoms. The summed E-state index contributed by atoms with van der Waals surface area (Å²) in [5.41, 5.74) is 3.93. The lowest BCUT2D eigenvalue weighted by atomic mass is 10.2. The van der Waals surface area contributed by atoms with Gasteiger partial charge in [-0.15, -0.1) is 0 Å². The molecule has 0 bridgehead atoms. The third kappa shape index (κ3) is 5.04. The van der Waals surface area contributed by atoms with Gasteiger partial charge in [-0.1, -0.05) is 0 Å². The molecule has 2 rings (SSSR count). The number of methoxy groups -OCH3 is 2. The second-order valence-electron chi connectivity index (χ2n) is 5.14. The molecule has 0 aliphatic rings. The average molecular weight is 426 g/mol. The van der Waals surface area contributed by atoms with E-state index in [0.29, 0.717) is 6.07 Å². The van der Waals surface area contributed by atoms with Gasteiger partial charge in [-0.3, -0.25) is 20.2 Å². The molecule has 1 heterocycles. The molecule has 29 heavy (non-hydrogen) atoms. The molecule has 1 aromatic heterocycles. The molecule has 0 atom stereocenters. The van der Waals surface area contributed by atoms with Crippen LogP contribution in [0.5, 0.6) is 11.8 Å². The van der Waals surface area contributed by atoms with E-state index >= 15 is 0 Å². The highest BCUT2D eigenvalue weighted by Crippen LogP contribution is 2.22. The summed E-state index contributed by atoms with van der Waals surface area (Å²) in [5, 5.41) is 12.9. The average Bonchev–Trinajstić information content (AvgIpc) is 2.66. The predicted octanol–water partition coefficient (Wildman–Crippen LogP) is 0.0113. The number of rotatable bonds is 7. The quantitative estimate of drug-likeness (QED) is 0.399. The van der Waals surface area contributed by atoms with Gasteiger partial charge in [-0.2, -0.15) is 9.97 Å². The highest BCUT2D eigenvalue weighted by molar-refractivity contribution is 7.90. The molecular formula is C14H14N6O8S. The number of aromatic nitrogens is 2. The van der Waals surface area contributed by atoms with Gasteiger partial charge < -0.3 is 15.2 Å². The second-order valence-corrected chi connectivity index (χ2v) is 6.79. The standard InChI is InChI=1S/C14H14N6O8S/c1-27-10-6-11(28-2)17-13(16-10)18-14(22)19-29(25,26)9-5-7(20(23)24)3-4-8(9)12(15)21/h3-6H,1-2H3,(H2,15,21)(H2,16,17,18,19,22). The van der Waals surface area contributed by atoms with Gasteiger partial charge in [0, 0.05) is 12.1 Å². The van der Waals surface area contributed by atoms with E-state index in [9.17, 15) is 28.1 Å². The number of sulfonamides is 1. The Balaban J connectivity index is 2.34. The molecule has 0 aliphatic carbocycles. The molecule has 0 saturated carbocycles. The number of nitrogens with one attached hydrogen (secondary N) is 2. The SMILES string of the molecule is COc1cc(OC)nc(NC(=O)NS(=O)(=O)c2cc([N+](=O)[O-])ccc2C(N)=O)n1. The molecular weight excluding hydrogens is 412 g/mol. The van der Waals surface area contributed by atoms with Crippen molar-refractivity contribution < 1.29 is 32.4 Å². The highest BCUT2D eigenvalue weighted by atomic mass is 32.2. The lowest BCUT2D eigenvalue weighted by Gasteiger charge is -2.11. The van der Waals surface area contributed by atoms with E-state index in [1.807, 2.05) is 5.32 Å². The van der Waals surface area contributed by atoms with Crippen molar-refractivity contribution in [3.63, 3.8) is 0 Å². The molecule has 0 saturated heterocycles. The number of benzene rings is 1. The van der Waals surface area contributed by atoms with Crippen molar-refractivity contribution in [3.05, 3.63) is 39.9 Å². The number of hydrogen-bond acceptors (Lipinski definition) is 10. The van der Waals surface area contributed by atoms with Crippen molar-refractivity contribution in [3.8, 4) is 11.8 Å². The van der Waals surface area contributed by atoms with E-state index in [1.165, 1.54) is 20.3 Å².